The minimum atomic E-state index is -0.358. The van der Waals surface area contributed by atoms with E-state index in [0.29, 0.717) is 17.1 Å². The van der Waals surface area contributed by atoms with Crippen LogP contribution in [0.5, 0.6) is 17.2 Å². The van der Waals surface area contributed by atoms with E-state index in [1.165, 1.54) is 19.4 Å². The fraction of sp³-hybridized carbons (Fsp3) is 0.222. The fourth-order valence-electron chi connectivity index (χ4n) is 2.07. The third-order valence-electron chi connectivity index (χ3n) is 3.32. The van der Waals surface area contributed by atoms with Gasteiger partial charge in [0.05, 0.1) is 13.3 Å². The fourth-order valence-corrected chi connectivity index (χ4v) is 2.07. The number of phenolic OH excluding ortho intramolecular Hbond substituents is 1. The van der Waals surface area contributed by atoms with Gasteiger partial charge in [-0.15, -0.1) is 0 Å². The average Bonchev–Trinajstić information content (AvgIpc) is 2.61. The van der Waals surface area contributed by atoms with Crippen LogP contribution in [0.1, 0.15) is 18.1 Å². The molecule has 0 saturated carbocycles. The van der Waals surface area contributed by atoms with Crippen molar-refractivity contribution in [3.63, 3.8) is 0 Å². The van der Waals surface area contributed by atoms with Crippen LogP contribution in [-0.2, 0) is 11.2 Å². The molecule has 0 spiro atoms. The number of benzene rings is 2. The largest absolute Gasteiger partial charge is 0.504 e. The first-order chi connectivity index (χ1) is 11.6. The number of rotatable bonds is 7. The maximum Gasteiger partial charge on any atom is 0.277 e. The van der Waals surface area contributed by atoms with E-state index in [1.54, 1.807) is 12.1 Å². The van der Waals surface area contributed by atoms with E-state index in [0.717, 1.165) is 12.0 Å². The smallest absolute Gasteiger partial charge is 0.277 e. The molecule has 1 amide bonds. The maximum absolute atomic E-state index is 11.8. The van der Waals surface area contributed by atoms with Crippen molar-refractivity contribution in [1.29, 1.82) is 0 Å². The van der Waals surface area contributed by atoms with Crippen molar-refractivity contribution in [2.24, 2.45) is 5.10 Å². The van der Waals surface area contributed by atoms with Gasteiger partial charge in [-0.2, -0.15) is 5.10 Å². The average molecular weight is 328 g/mol. The van der Waals surface area contributed by atoms with E-state index in [2.05, 4.69) is 10.5 Å². The number of hydrogen-bond acceptors (Lipinski definition) is 5. The van der Waals surface area contributed by atoms with Crippen LogP contribution in [0.2, 0.25) is 0 Å². The number of amides is 1. The van der Waals surface area contributed by atoms with Crippen LogP contribution in [0.4, 0.5) is 0 Å². The summed E-state index contributed by atoms with van der Waals surface area (Å²) in [5.74, 6) is 0.719. The molecule has 0 radical (unpaired) electrons. The van der Waals surface area contributed by atoms with E-state index in [9.17, 15) is 9.90 Å². The lowest BCUT2D eigenvalue weighted by molar-refractivity contribution is -0.123. The Morgan fingerprint density at radius 2 is 2.04 bits per heavy atom. The molecule has 2 rings (SSSR count). The van der Waals surface area contributed by atoms with Crippen molar-refractivity contribution < 1.29 is 19.4 Å². The molecule has 0 atom stereocenters. The summed E-state index contributed by atoms with van der Waals surface area (Å²) in [4.78, 5) is 11.8. The standard InChI is InChI=1S/C18H20N2O4/c1-3-14-6-4-5-7-16(14)24-12-18(22)20-19-11-13-8-9-15(21)17(10-13)23-2/h4-11,21H,3,12H2,1-2H3,(H,20,22). The maximum atomic E-state index is 11.8. The lowest BCUT2D eigenvalue weighted by Gasteiger charge is -2.09. The number of aryl methyl sites for hydroxylation is 1. The van der Waals surface area contributed by atoms with Gasteiger partial charge in [-0.1, -0.05) is 25.1 Å². The third-order valence-corrected chi connectivity index (χ3v) is 3.32. The number of para-hydroxylation sites is 1. The Bertz CT molecular complexity index is 729. The van der Waals surface area contributed by atoms with Crippen LogP contribution in [0.15, 0.2) is 47.6 Å². The molecule has 0 aromatic heterocycles. The molecule has 2 aromatic rings. The molecular formula is C18H20N2O4. The van der Waals surface area contributed by atoms with Crippen molar-refractivity contribution >= 4 is 12.1 Å². The lowest BCUT2D eigenvalue weighted by Crippen LogP contribution is -2.24. The Morgan fingerprint density at radius 1 is 1.25 bits per heavy atom. The quantitative estimate of drug-likeness (QED) is 0.604. The summed E-state index contributed by atoms with van der Waals surface area (Å²) in [6.07, 6.45) is 2.29. The van der Waals surface area contributed by atoms with Gasteiger partial charge in [-0.3, -0.25) is 4.79 Å². The van der Waals surface area contributed by atoms with E-state index in [-0.39, 0.29) is 18.3 Å². The molecule has 0 saturated heterocycles. The number of aromatic hydroxyl groups is 1. The Kier molecular flexibility index (Phi) is 6.19. The third kappa shape index (κ3) is 4.74. The summed E-state index contributed by atoms with van der Waals surface area (Å²) in [7, 11) is 1.46. The van der Waals surface area contributed by atoms with Gasteiger partial charge in [0.1, 0.15) is 5.75 Å². The molecule has 6 heteroatoms. The summed E-state index contributed by atoms with van der Waals surface area (Å²) in [5, 5.41) is 13.4. The predicted octanol–water partition coefficient (Wildman–Crippen LogP) is 2.49. The van der Waals surface area contributed by atoms with Gasteiger partial charge in [0, 0.05) is 0 Å². The topological polar surface area (TPSA) is 80.2 Å². The Morgan fingerprint density at radius 3 is 2.79 bits per heavy atom. The van der Waals surface area contributed by atoms with Crippen LogP contribution >= 0.6 is 0 Å². The van der Waals surface area contributed by atoms with Crippen LogP contribution in [0, 0.1) is 0 Å². The van der Waals surface area contributed by atoms with Gasteiger partial charge >= 0.3 is 0 Å². The first kappa shape index (κ1) is 17.3. The van der Waals surface area contributed by atoms with Gasteiger partial charge in [-0.25, -0.2) is 5.43 Å². The van der Waals surface area contributed by atoms with E-state index in [4.69, 9.17) is 9.47 Å². The Balaban J connectivity index is 1.87. The van der Waals surface area contributed by atoms with Crippen molar-refractivity contribution in [2.75, 3.05) is 13.7 Å². The molecule has 0 aliphatic heterocycles. The van der Waals surface area contributed by atoms with E-state index in [1.807, 2.05) is 31.2 Å². The van der Waals surface area contributed by atoms with E-state index < -0.39 is 0 Å². The number of methoxy groups -OCH3 is 1. The van der Waals surface area contributed by atoms with E-state index >= 15 is 0 Å². The molecule has 0 aliphatic rings. The summed E-state index contributed by atoms with van der Waals surface area (Å²) >= 11 is 0. The monoisotopic (exact) mass is 328 g/mol. The molecule has 2 N–H and O–H groups in total. The molecule has 6 nitrogen and oxygen atoms in total. The van der Waals surface area contributed by atoms with Crippen molar-refractivity contribution in [3.8, 4) is 17.2 Å². The van der Waals surface area contributed by atoms with Crippen molar-refractivity contribution in [2.45, 2.75) is 13.3 Å². The number of ether oxygens (including phenoxy) is 2. The molecule has 0 aliphatic carbocycles. The molecule has 0 unspecified atom stereocenters. The Hall–Kier alpha value is -3.02. The van der Waals surface area contributed by atoms with Crippen LogP contribution in [0.25, 0.3) is 0 Å². The van der Waals surface area contributed by atoms with Crippen LogP contribution in [-0.4, -0.2) is 30.9 Å². The summed E-state index contributed by atoms with van der Waals surface area (Å²) < 4.78 is 10.5. The summed E-state index contributed by atoms with van der Waals surface area (Å²) in [6.45, 7) is 1.91. The summed E-state index contributed by atoms with van der Waals surface area (Å²) in [5.41, 5.74) is 4.12. The first-order valence-corrected chi connectivity index (χ1v) is 7.53. The minimum Gasteiger partial charge on any atom is -0.504 e. The molecule has 0 bridgehead atoms. The van der Waals surface area contributed by atoms with Crippen molar-refractivity contribution in [1.82, 2.24) is 5.43 Å². The zero-order valence-corrected chi connectivity index (χ0v) is 13.7. The molecule has 0 fully saturated rings. The number of phenols is 1. The molecular weight excluding hydrogens is 308 g/mol. The lowest BCUT2D eigenvalue weighted by atomic mass is 10.1. The second kappa shape index (κ2) is 8.57. The van der Waals surface area contributed by atoms with Gasteiger partial charge in [0.2, 0.25) is 0 Å². The highest BCUT2D eigenvalue weighted by Gasteiger charge is 2.05. The number of hydrogen-bond donors (Lipinski definition) is 2. The first-order valence-electron chi connectivity index (χ1n) is 7.53. The predicted molar refractivity (Wildman–Crippen MR) is 91.7 cm³/mol. The number of nitrogens with one attached hydrogen (secondary N) is 1. The second-order valence-electron chi connectivity index (χ2n) is 4.97. The molecule has 2 aromatic carbocycles. The highest BCUT2D eigenvalue weighted by atomic mass is 16.5. The highest BCUT2D eigenvalue weighted by molar-refractivity contribution is 5.83. The number of nitrogens with zero attached hydrogens (tertiary/aromatic N) is 1. The van der Waals surface area contributed by atoms with Gasteiger partial charge in [0.15, 0.2) is 18.1 Å². The van der Waals surface area contributed by atoms with Crippen LogP contribution < -0.4 is 14.9 Å². The number of carbonyl (C=O) groups is 1. The SMILES string of the molecule is CCc1ccccc1OCC(=O)NN=Cc1ccc(O)c(OC)c1. The minimum absolute atomic E-state index is 0.0432. The molecule has 0 heterocycles. The normalized spacial score (nSPS) is 10.6. The second-order valence-corrected chi connectivity index (χ2v) is 4.97. The van der Waals surface area contributed by atoms with Gasteiger partial charge in [-0.05, 0) is 41.8 Å². The Labute approximate surface area is 140 Å². The van der Waals surface area contributed by atoms with Crippen molar-refractivity contribution in [3.05, 3.63) is 53.6 Å². The molecule has 24 heavy (non-hydrogen) atoms. The zero-order valence-electron chi connectivity index (χ0n) is 13.7. The number of carbonyl (C=O) groups excluding carboxylic acids is 1. The number of hydrazone groups is 1. The van der Waals surface area contributed by atoms with Crippen LogP contribution in [0.3, 0.4) is 0 Å². The van der Waals surface area contributed by atoms with Gasteiger partial charge in [0.25, 0.3) is 5.91 Å². The zero-order chi connectivity index (χ0) is 17.4. The highest BCUT2D eigenvalue weighted by Crippen LogP contribution is 2.25. The molecule has 126 valence electrons. The van der Waals surface area contributed by atoms with Gasteiger partial charge < -0.3 is 14.6 Å². The summed E-state index contributed by atoms with van der Waals surface area (Å²) in [6, 6.07) is 12.3.